The van der Waals surface area contributed by atoms with Gasteiger partial charge in [-0.1, -0.05) is 80.1 Å². The summed E-state index contributed by atoms with van der Waals surface area (Å²) < 4.78 is 0. The molecule has 1 amide bonds. The summed E-state index contributed by atoms with van der Waals surface area (Å²) in [4.78, 5) is 13.4. The molecule has 0 aliphatic heterocycles. The molecule has 0 spiro atoms. The molecule has 0 fully saturated rings. The van der Waals surface area contributed by atoms with Crippen molar-refractivity contribution in [1.82, 2.24) is 4.90 Å². The van der Waals surface area contributed by atoms with Crippen LogP contribution in [0.2, 0.25) is 0 Å². The fraction of sp³-hybridized carbons (Fsp3) is 0.944. The number of carbonyl (C=O) groups excluding carboxylic acids is 1. The Labute approximate surface area is 129 Å². The zero-order chi connectivity index (χ0) is 16.2. The van der Waals surface area contributed by atoms with Crippen molar-refractivity contribution >= 4 is 5.91 Å². The highest BCUT2D eigenvalue weighted by Crippen LogP contribution is 2.05. The molecule has 0 aliphatic carbocycles. The molecule has 0 aromatic heterocycles. The lowest BCUT2D eigenvalue weighted by Crippen LogP contribution is -2.30. The molecule has 2 heteroatoms. The highest BCUT2D eigenvalue weighted by atomic mass is 16.2. The van der Waals surface area contributed by atoms with E-state index in [1.54, 1.807) is 6.92 Å². The van der Waals surface area contributed by atoms with Crippen LogP contribution in [0.5, 0.6) is 0 Å². The van der Waals surface area contributed by atoms with Crippen LogP contribution in [-0.4, -0.2) is 23.9 Å². The maximum absolute atomic E-state index is 11.4. The zero-order valence-electron chi connectivity index (χ0n) is 15.4. The van der Waals surface area contributed by atoms with Gasteiger partial charge in [0.05, 0.1) is 0 Å². The maximum atomic E-state index is 11.4. The Morgan fingerprint density at radius 3 is 1.30 bits per heavy atom. The molecule has 0 aromatic rings. The van der Waals surface area contributed by atoms with Gasteiger partial charge in [0, 0.05) is 20.0 Å². The first-order valence-electron chi connectivity index (χ1n) is 8.97. The summed E-state index contributed by atoms with van der Waals surface area (Å²) in [5, 5.41) is 0. The Morgan fingerprint density at radius 2 is 1.05 bits per heavy atom. The fourth-order valence-electron chi connectivity index (χ4n) is 1.89. The summed E-state index contributed by atoms with van der Waals surface area (Å²) in [6.07, 6.45) is 9.96. The molecule has 0 bridgehead atoms. The first kappa shape index (κ1) is 24.5. The normalized spacial score (nSPS) is 8.95. The van der Waals surface area contributed by atoms with E-state index in [9.17, 15) is 4.79 Å². The molecular weight excluding hydrogens is 246 g/mol. The van der Waals surface area contributed by atoms with Crippen LogP contribution in [0, 0.1) is 0 Å². The molecule has 0 rings (SSSR count). The van der Waals surface area contributed by atoms with Gasteiger partial charge in [-0.15, -0.1) is 0 Å². The molecule has 0 atom stereocenters. The van der Waals surface area contributed by atoms with Crippen LogP contribution in [0.25, 0.3) is 0 Å². The highest BCUT2D eigenvalue weighted by molar-refractivity contribution is 5.73. The molecule has 124 valence electrons. The van der Waals surface area contributed by atoms with Crippen molar-refractivity contribution in [3.05, 3.63) is 0 Å². The van der Waals surface area contributed by atoms with E-state index in [2.05, 4.69) is 13.8 Å². The molecule has 0 saturated carbocycles. The van der Waals surface area contributed by atoms with Crippen molar-refractivity contribution in [3.63, 3.8) is 0 Å². The number of carbonyl (C=O) groups is 1. The summed E-state index contributed by atoms with van der Waals surface area (Å²) >= 11 is 0. The second-order valence-corrected chi connectivity index (χ2v) is 4.63. The van der Waals surface area contributed by atoms with Crippen LogP contribution in [0.3, 0.4) is 0 Å². The maximum Gasteiger partial charge on any atom is 0.219 e. The summed E-state index contributed by atoms with van der Waals surface area (Å²) in [6, 6.07) is 0. The van der Waals surface area contributed by atoms with E-state index in [1.165, 1.54) is 51.4 Å². The van der Waals surface area contributed by atoms with Crippen LogP contribution in [0.4, 0.5) is 0 Å². The molecular formula is C18H41NO. The van der Waals surface area contributed by atoms with Crippen LogP contribution in [0.1, 0.15) is 99.8 Å². The number of nitrogens with zero attached hydrogens (tertiary/aromatic N) is 1. The molecule has 2 nitrogen and oxygen atoms in total. The van der Waals surface area contributed by atoms with E-state index < -0.39 is 0 Å². The van der Waals surface area contributed by atoms with Gasteiger partial charge in [0.15, 0.2) is 0 Å². The summed E-state index contributed by atoms with van der Waals surface area (Å²) in [7, 11) is 0. The number of hydrogen-bond donors (Lipinski definition) is 0. The Balaban J connectivity index is -0.000000656. The van der Waals surface area contributed by atoms with Gasteiger partial charge in [-0.05, 0) is 12.8 Å². The van der Waals surface area contributed by atoms with E-state index in [0.717, 1.165) is 13.1 Å². The Hall–Kier alpha value is -0.530. The van der Waals surface area contributed by atoms with Crippen molar-refractivity contribution in [2.75, 3.05) is 13.1 Å². The predicted octanol–water partition coefficient (Wildman–Crippen LogP) is 6.05. The van der Waals surface area contributed by atoms with Gasteiger partial charge < -0.3 is 4.90 Å². The third-order valence-electron chi connectivity index (χ3n) is 3.01. The van der Waals surface area contributed by atoms with Gasteiger partial charge >= 0.3 is 0 Å². The van der Waals surface area contributed by atoms with Crippen LogP contribution < -0.4 is 0 Å². The average Bonchev–Trinajstić information content (AvgIpc) is 2.49. The quantitative estimate of drug-likeness (QED) is 0.448. The average molecular weight is 288 g/mol. The molecule has 0 heterocycles. The third kappa shape index (κ3) is 19.8. The van der Waals surface area contributed by atoms with E-state index in [-0.39, 0.29) is 5.91 Å². The molecule has 0 radical (unpaired) electrons. The predicted molar refractivity (Wildman–Crippen MR) is 93.2 cm³/mol. The molecule has 20 heavy (non-hydrogen) atoms. The second kappa shape index (κ2) is 23.6. The molecule has 0 unspecified atom stereocenters. The number of amides is 1. The van der Waals surface area contributed by atoms with E-state index in [4.69, 9.17) is 0 Å². The van der Waals surface area contributed by atoms with E-state index in [0.29, 0.717) is 0 Å². The summed E-state index contributed by atoms with van der Waals surface area (Å²) in [5.74, 6) is 0.244. The Bertz CT molecular complexity index is 157. The monoisotopic (exact) mass is 287 g/mol. The topological polar surface area (TPSA) is 20.3 Å². The van der Waals surface area contributed by atoms with Gasteiger partial charge in [0.1, 0.15) is 0 Å². The van der Waals surface area contributed by atoms with Crippen LogP contribution in [-0.2, 0) is 4.79 Å². The Kier molecular flexibility index (Phi) is 28.8. The number of unbranched alkanes of at least 4 members (excludes halogenated alkanes) is 6. The molecule has 0 aromatic carbocycles. The number of rotatable bonds is 10. The van der Waals surface area contributed by atoms with Crippen molar-refractivity contribution in [2.45, 2.75) is 99.8 Å². The first-order valence-corrected chi connectivity index (χ1v) is 8.97. The fourth-order valence-corrected chi connectivity index (χ4v) is 1.89. The van der Waals surface area contributed by atoms with Gasteiger partial charge in [-0.25, -0.2) is 0 Å². The summed E-state index contributed by atoms with van der Waals surface area (Å²) in [6.45, 7) is 16.0. The van der Waals surface area contributed by atoms with Gasteiger partial charge in [-0.2, -0.15) is 0 Å². The van der Waals surface area contributed by atoms with Crippen molar-refractivity contribution in [2.24, 2.45) is 0 Å². The van der Waals surface area contributed by atoms with Crippen LogP contribution in [0.15, 0.2) is 0 Å². The second-order valence-electron chi connectivity index (χ2n) is 4.63. The standard InChI is InChI=1S/C14H29NO.2C2H6/c1-4-6-8-10-12-15(14(3)16)13-11-9-7-5-2;2*1-2/h4-13H2,1-3H3;2*1-2H3. The van der Waals surface area contributed by atoms with Crippen molar-refractivity contribution in [3.8, 4) is 0 Å². The molecule has 0 aliphatic rings. The third-order valence-corrected chi connectivity index (χ3v) is 3.01. The number of hydrogen-bond acceptors (Lipinski definition) is 1. The zero-order valence-corrected chi connectivity index (χ0v) is 15.4. The first-order chi connectivity index (χ1) is 9.72. The minimum Gasteiger partial charge on any atom is -0.343 e. The van der Waals surface area contributed by atoms with Crippen molar-refractivity contribution < 1.29 is 4.79 Å². The van der Waals surface area contributed by atoms with Gasteiger partial charge in [0.25, 0.3) is 0 Å². The Morgan fingerprint density at radius 1 is 0.700 bits per heavy atom. The lowest BCUT2D eigenvalue weighted by Gasteiger charge is -2.20. The van der Waals surface area contributed by atoms with Gasteiger partial charge in [-0.3, -0.25) is 4.79 Å². The largest absolute Gasteiger partial charge is 0.343 e. The smallest absolute Gasteiger partial charge is 0.219 e. The SMILES string of the molecule is CC.CC.CCCCCCN(CCCCCC)C(C)=O. The summed E-state index contributed by atoms with van der Waals surface area (Å²) in [5.41, 5.74) is 0. The van der Waals surface area contributed by atoms with E-state index in [1.807, 2.05) is 32.6 Å². The van der Waals surface area contributed by atoms with Crippen LogP contribution >= 0.6 is 0 Å². The lowest BCUT2D eigenvalue weighted by atomic mass is 10.1. The lowest BCUT2D eigenvalue weighted by molar-refractivity contribution is -0.129. The van der Waals surface area contributed by atoms with E-state index >= 15 is 0 Å². The molecule has 0 N–H and O–H groups in total. The minimum absolute atomic E-state index is 0.244. The minimum atomic E-state index is 0.244. The van der Waals surface area contributed by atoms with Gasteiger partial charge in [0.2, 0.25) is 5.91 Å². The highest BCUT2D eigenvalue weighted by Gasteiger charge is 2.06. The molecule has 0 saturated heterocycles. The van der Waals surface area contributed by atoms with Crippen molar-refractivity contribution in [1.29, 1.82) is 0 Å².